The number of benzene rings is 3. The van der Waals surface area contributed by atoms with Gasteiger partial charge >= 0.3 is 6.18 Å². The van der Waals surface area contributed by atoms with E-state index < -0.39 is 27.7 Å². The summed E-state index contributed by atoms with van der Waals surface area (Å²) in [5.74, 6) is -0.584. The summed E-state index contributed by atoms with van der Waals surface area (Å²) in [4.78, 5) is 12.2. The number of alkyl halides is 3. The van der Waals surface area contributed by atoms with Gasteiger partial charge in [-0.2, -0.15) is 13.2 Å². The minimum Gasteiger partial charge on any atom is -0.376 e. The molecule has 0 aliphatic heterocycles. The lowest BCUT2D eigenvalue weighted by molar-refractivity contribution is -0.137. The van der Waals surface area contributed by atoms with Gasteiger partial charge in [0, 0.05) is 18.4 Å². The van der Waals surface area contributed by atoms with Crippen LogP contribution in [0, 0.1) is 0 Å². The molecule has 6 nitrogen and oxygen atoms in total. The van der Waals surface area contributed by atoms with Crippen LogP contribution < -0.4 is 14.9 Å². The SMILES string of the molecule is CN(c1ccccc1)S(=O)(=O)c1cccc(NCC(=O)Nc2cccc(C(F)(F)F)c2)c1. The number of amides is 1. The Morgan fingerprint density at radius 1 is 0.906 bits per heavy atom. The van der Waals surface area contributed by atoms with Gasteiger partial charge < -0.3 is 10.6 Å². The lowest BCUT2D eigenvalue weighted by Gasteiger charge is -2.20. The minimum absolute atomic E-state index is 0.00689. The molecule has 0 fully saturated rings. The van der Waals surface area contributed by atoms with Crippen molar-refractivity contribution in [2.24, 2.45) is 0 Å². The summed E-state index contributed by atoms with van der Waals surface area (Å²) in [5, 5.41) is 5.16. The van der Waals surface area contributed by atoms with Crippen molar-refractivity contribution in [1.29, 1.82) is 0 Å². The molecule has 10 heteroatoms. The summed E-state index contributed by atoms with van der Waals surface area (Å²) < 4.78 is 65.3. The maximum absolute atomic E-state index is 12.9. The third-order valence-electron chi connectivity index (χ3n) is 4.54. The maximum Gasteiger partial charge on any atom is 0.416 e. The number of para-hydroxylation sites is 1. The van der Waals surface area contributed by atoms with Crippen LogP contribution in [0.1, 0.15) is 5.56 Å². The zero-order valence-electron chi connectivity index (χ0n) is 16.9. The highest BCUT2D eigenvalue weighted by Crippen LogP contribution is 2.30. The fraction of sp³-hybridized carbons (Fsp3) is 0.136. The summed E-state index contributed by atoms with van der Waals surface area (Å²) in [6.45, 7) is -0.270. The summed E-state index contributed by atoms with van der Waals surface area (Å²) in [7, 11) is -2.40. The zero-order valence-corrected chi connectivity index (χ0v) is 17.7. The predicted octanol–water partition coefficient (Wildman–Crippen LogP) is 4.58. The topological polar surface area (TPSA) is 78.5 Å². The van der Waals surface area contributed by atoms with Crippen LogP contribution in [0.15, 0.2) is 83.8 Å². The average Bonchev–Trinajstić information content (AvgIpc) is 2.77. The fourth-order valence-electron chi connectivity index (χ4n) is 2.86. The molecule has 3 aromatic carbocycles. The first-order valence-electron chi connectivity index (χ1n) is 9.42. The summed E-state index contributed by atoms with van der Waals surface area (Å²) in [6.07, 6.45) is -4.52. The Labute approximate surface area is 183 Å². The fourth-order valence-corrected chi connectivity index (χ4v) is 4.10. The molecule has 1 amide bonds. The van der Waals surface area contributed by atoms with Gasteiger partial charge in [-0.05, 0) is 48.5 Å². The molecule has 0 heterocycles. The third kappa shape index (κ3) is 5.58. The highest BCUT2D eigenvalue weighted by atomic mass is 32.2. The van der Waals surface area contributed by atoms with E-state index in [1.54, 1.807) is 36.4 Å². The van der Waals surface area contributed by atoms with Crippen molar-refractivity contribution >= 4 is 33.0 Å². The van der Waals surface area contributed by atoms with Gasteiger partial charge in [0.1, 0.15) is 0 Å². The van der Waals surface area contributed by atoms with Crippen LogP contribution in [0.5, 0.6) is 0 Å². The molecule has 168 valence electrons. The van der Waals surface area contributed by atoms with Crippen LogP contribution in [0.2, 0.25) is 0 Å². The molecule has 0 saturated carbocycles. The van der Waals surface area contributed by atoms with Crippen LogP contribution in [0.4, 0.5) is 30.2 Å². The second kappa shape index (κ2) is 9.31. The van der Waals surface area contributed by atoms with Crippen molar-refractivity contribution in [3.05, 3.63) is 84.4 Å². The minimum atomic E-state index is -4.52. The quantitative estimate of drug-likeness (QED) is 0.538. The van der Waals surface area contributed by atoms with Crippen LogP contribution in [0.3, 0.4) is 0 Å². The lowest BCUT2D eigenvalue weighted by atomic mass is 10.2. The van der Waals surface area contributed by atoms with E-state index in [4.69, 9.17) is 0 Å². The van der Waals surface area contributed by atoms with Gasteiger partial charge in [0.05, 0.1) is 22.7 Å². The van der Waals surface area contributed by atoms with E-state index in [2.05, 4.69) is 10.6 Å². The monoisotopic (exact) mass is 463 g/mol. The Kier molecular flexibility index (Phi) is 6.73. The van der Waals surface area contributed by atoms with E-state index in [0.717, 1.165) is 16.4 Å². The molecule has 2 N–H and O–H groups in total. The Morgan fingerprint density at radius 2 is 1.56 bits per heavy atom. The molecule has 0 aliphatic carbocycles. The Morgan fingerprint density at radius 3 is 2.25 bits per heavy atom. The molecule has 0 bridgehead atoms. The van der Waals surface area contributed by atoms with Crippen molar-refractivity contribution in [1.82, 2.24) is 0 Å². The van der Waals surface area contributed by atoms with Crippen LogP contribution in [-0.4, -0.2) is 27.9 Å². The normalized spacial score (nSPS) is 11.6. The molecule has 0 aliphatic rings. The van der Waals surface area contributed by atoms with Gasteiger partial charge in [-0.25, -0.2) is 8.42 Å². The molecule has 3 aromatic rings. The van der Waals surface area contributed by atoms with Gasteiger partial charge in [-0.1, -0.05) is 30.3 Å². The number of carbonyl (C=O) groups is 1. The number of hydrogen-bond donors (Lipinski definition) is 2. The van der Waals surface area contributed by atoms with E-state index in [9.17, 15) is 26.4 Å². The van der Waals surface area contributed by atoms with Crippen molar-refractivity contribution in [2.75, 3.05) is 28.5 Å². The number of halogens is 3. The molecule has 0 spiro atoms. The van der Waals surface area contributed by atoms with Crippen LogP contribution in [-0.2, 0) is 21.0 Å². The number of hydrogen-bond acceptors (Lipinski definition) is 4. The van der Waals surface area contributed by atoms with E-state index in [0.29, 0.717) is 11.4 Å². The van der Waals surface area contributed by atoms with Crippen LogP contribution in [0.25, 0.3) is 0 Å². The number of nitrogens with one attached hydrogen (secondary N) is 2. The number of rotatable bonds is 7. The summed E-state index contributed by atoms with van der Waals surface area (Å²) >= 11 is 0. The Bertz CT molecular complexity index is 1200. The zero-order chi connectivity index (χ0) is 23.4. The molecular weight excluding hydrogens is 443 g/mol. The van der Waals surface area contributed by atoms with Crippen molar-refractivity contribution < 1.29 is 26.4 Å². The van der Waals surface area contributed by atoms with E-state index in [1.165, 1.54) is 37.4 Å². The van der Waals surface area contributed by atoms with Gasteiger partial charge in [-0.3, -0.25) is 9.10 Å². The first-order valence-corrected chi connectivity index (χ1v) is 10.9. The van der Waals surface area contributed by atoms with E-state index in [1.807, 2.05) is 0 Å². The first-order chi connectivity index (χ1) is 15.1. The smallest absolute Gasteiger partial charge is 0.376 e. The second-order valence-electron chi connectivity index (χ2n) is 6.82. The van der Waals surface area contributed by atoms with E-state index >= 15 is 0 Å². The molecule has 3 rings (SSSR count). The first kappa shape index (κ1) is 23.1. The largest absolute Gasteiger partial charge is 0.416 e. The lowest BCUT2D eigenvalue weighted by Crippen LogP contribution is -2.26. The summed E-state index contributed by atoms with van der Waals surface area (Å²) in [6, 6.07) is 18.8. The van der Waals surface area contributed by atoms with Gasteiger partial charge in [-0.15, -0.1) is 0 Å². The second-order valence-corrected chi connectivity index (χ2v) is 8.79. The van der Waals surface area contributed by atoms with Crippen molar-refractivity contribution in [2.45, 2.75) is 11.1 Å². The molecule has 0 aromatic heterocycles. The molecule has 0 atom stereocenters. The Balaban J connectivity index is 1.67. The molecule has 0 unspecified atom stereocenters. The van der Waals surface area contributed by atoms with E-state index in [-0.39, 0.29) is 17.1 Å². The number of sulfonamides is 1. The van der Waals surface area contributed by atoms with Gasteiger partial charge in [0.25, 0.3) is 10.0 Å². The molecular formula is C22H20F3N3O3S. The number of nitrogens with zero attached hydrogens (tertiary/aromatic N) is 1. The number of anilines is 3. The van der Waals surface area contributed by atoms with Gasteiger partial charge in [0.15, 0.2) is 0 Å². The highest BCUT2D eigenvalue weighted by Gasteiger charge is 2.30. The Hall–Kier alpha value is -3.53. The summed E-state index contributed by atoms with van der Waals surface area (Å²) in [5.41, 5.74) is -0.00537. The standard InChI is InChI=1S/C22H20F3N3O3S/c1-28(19-10-3-2-4-11-19)32(30,31)20-12-6-8-17(14-20)26-15-21(29)27-18-9-5-7-16(13-18)22(23,24)25/h2-14,26H,15H2,1H3,(H,27,29). The maximum atomic E-state index is 12.9. The van der Waals surface area contributed by atoms with Crippen molar-refractivity contribution in [3.8, 4) is 0 Å². The van der Waals surface area contributed by atoms with Crippen molar-refractivity contribution in [3.63, 3.8) is 0 Å². The number of carbonyl (C=O) groups excluding carboxylic acids is 1. The third-order valence-corrected chi connectivity index (χ3v) is 6.32. The van der Waals surface area contributed by atoms with Gasteiger partial charge in [0.2, 0.25) is 5.91 Å². The predicted molar refractivity (Wildman–Crippen MR) is 117 cm³/mol. The molecule has 0 saturated heterocycles. The molecule has 0 radical (unpaired) electrons. The highest BCUT2D eigenvalue weighted by molar-refractivity contribution is 7.92. The van der Waals surface area contributed by atoms with Crippen LogP contribution >= 0.6 is 0 Å². The average molecular weight is 463 g/mol. The molecule has 32 heavy (non-hydrogen) atoms.